The molecule has 0 aromatic rings. The summed E-state index contributed by atoms with van der Waals surface area (Å²) in [5.74, 6) is 0. The predicted molar refractivity (Wildman–Crippen MR) is 47.9 cm³/mol. The van der Waals surface area contributed by atoms with Crippen LogP contribution in [0.3, 0.4) is 0 Å². The van der Waals surface area contributed by atoms with Gasteiger partial charge in [-0.05, 0) is 38.6 Å². The molecular weight excluding hydrogens is 154 g/mol. The van der Waals surface area contributed by atoms with Crippen LogP contribution >= 0.6 is 0 Å². The Bertz CT molecular complexity index is 111. The van der Waals surface area contributed by atoms with Crippen LogP contribution in [0.5, 0.6) is 0 Å². The van der Waals surface area contributed by atoms with E-state index in [2.05, 4.69) is 0 Å². The Morgan fingerprint density at radius 1 is 1.25 bits per heavy atom. The van der Waals surface area contributed by atoms with Crippen LogP contribution in [-0.2, 0) is 4.74 Å². The van der Waals surface area contributed by atoms with Gasteiger partial charge in [-0.1, -0.05) is 0 Å². The SMILES string of the molecule is NCCCOC1CCC(O)CC1. The molecule has 0 unspecified atom stereocenters. The van der Waals surface area contributed by atoms with E-state index in [1.807, 2.05) is 0 Å². The van der Waals surface area contributed by atoms with Crippen molar-refractivity contribution in [2.45, 2.75) is 44.3 Å². The highest BCUT2D eigenvalue weighted by atomic mass is 16.5. The minimum absolute atomic E-state index is 0.0839. The summed E-state index contributed by atoms with van der Waals surface area (Å²) in [6.07, 6.45) is 5.04. The molecule has 0 bridgehead atoms. The van der Waals surface area contributed by atoms with Crippen molar-refractivity contribution in [1.29, 1.82) is 0 Å². The summed E-state index contributed by atoms with van der Waals surface area (Å²) in [6.45, 7) is 1.48. The van der Waals surface area contributed by atoms with E-state index in [1.165, 1.54) is 0 Å². The fraction of sp³-hybridized carbons (Fsp3) is 1.00. The maximum absolute atomic E-state index is 9.22. The lowest BCUT2D eigenvalue weighted by Gasteiger charge is -2.25. The fourth-order valence-corrected chi connectivity index (χ4v) is 1.55. The molecule has 1 rings (SSSR count). The maximum atomic E-state index is 9.22. The van der Waals surface area contributed by atoms with Gasteiger partial charge in [0.05, 0.1) is 12.2 Å². The minimum atomic E-state index is -0.0839. The van der Waals surface area contributed by atoms with Gasteiger partial charge in [0.1, 0.15) is 0 Å². The van der Waals surface area contributed by atoms with Crippen LogP contribution in [0.2, 0.25) is 0 Å². The zero-order valence-electron chi connectivity index (χ0n) is 7.54. The first-order valence-electron chi connectivity index (χ1n) is 4.82. The standard InChI is InChI=1S/C9H19NO2/c10-6-1-7-12-9-4-2-8(11)3-5-9/h8-9,11H,1-7,10H2. The van der Waals surface area contributed by atoms with E-state index >= 15 is 0 Å². The van der Waals surface area contributed by atoms with Crippen molar-refractivity contribution in [3.8, 4) is 0 Å². The van der Waals surface area contributed by atoms with Crippen molar-refractivity contribution in [3.63, 3.8) is 0 Å². The van der Waals surface area contributed by atoms with Crippen molar-refractivity contribution in [1.82, 2.24) is 0 Å². The summed E-state index contributed by atoms with van der Waals surface area (Å²) in [7, 11) is 0. The van der Waals surface area contributed by atoms with Crippen LogP contribution in [0.1, 0.15) is 32.1 Å². The topological polar surface area (TPSA) is 55.5 Å². The van der Waals surface area contributed by atoms with Crippen molar-refractivity contribution < 1.29 is 9.84 Å². The van der Waals surface area contributed by atoms with Gasteiger partial charge in [-0.15, -0.1) is 0 Å². The second-order valence-electron chi connectivity index (χ2n) is 3.44. The van der Waals surface area contributed by atoms with Crippen molar-refractivity contribution in [2.75, 3.05) is 13.2 Å². The average molecular weight is 173 g/mol. The Morgan fingerprint density at radius 2 is 1.92 bits per heavy atom. The number of hydrogen-bond acceptors (Lipinski definition) is 3. The second kappa shape index (κ2) is 5.51. The number of rotatable bonds is 4. The summed E-state index contributed by atoms with van der Waals surface area (Å²) in [5.41, 5.74) is 5.35. The Hall–Kier alpha value is -0.120. The summed E-state index contributed by atoms with van der Waals surface area (Å²) in [4.78, 5) is 0. The lowest BCUT2D eigenvalue weighted by molar-refractivity contribution is -0.00330. The minimum Gasteiger partial charge on any atom is -0.393 e. The maximum Gasteiger partial charge on any atom is 0.0577 e. The highest BCUT2D eigenvalue weighted by Crippen LogP contribution is 2.20. The third-order valence-corrected chi connectivity index (χ3v) is 2.35. The third kappa shape index (κ3) is 3.52. The molecule has 0 aliphatic heterocycles. The lowest BCUT2D eigenvalue weighted by atomic mass is 9.95. The number of hydrogen-bond donors (Lipinski definition) is 2. The first-order valence-corrected chi connectivity index (χ1v) is 4.82. The van der Waals surface area contributed by atoms with E-state index in [-0.39, 0.29) is 6.10 Å². The van der Waals surface area contributed by atoms with Crippen molar-refractivity contribution >= 4 is 0 Å². The van der Waals surface area contributed by atoms with E-state index in [0.717, 1.165) is 38.7 Å². The molecule has 0 heterocycles. The molecule has 3 heteroatoms. The molecule has 0 amide bonds. The number of ether oxygens (including phenoxy) is 1. The Kier molecular flexibility index (Phi) is 4.58. The van der Waals surface area contributed by atoms with E-state index < -0.39 is 0 Å². The highest BCUT2D eigenvalue weighted by Gasteiger charge is 2.19. The molecule has 12 heavy (non-hydrogen) atoms. The van der Waals surface area contributed by atoms with Crippen LogP contribution in [0, 0.1) is 0 Å². The molecule has 1 fully saturated rings. The summed E-state index contributed by atoms with van der Waals surface area (Å²) < 4.78 is 5.58. The van der Waals surface area contributed by atoms with Crippen LogP contribution < -0.4 is 5.73 Å². The van der Waals surface area contributed by atoms with Gasteiger partial charge in [-0.2, -0.15) is 0 Å². The molecule has 0 aromatic carbocycles. The Morgan fingerprint density at radius 3 is 2.50 bits per heavy atom. The smallest absolute Gasteiger partial charge is 0.0577 e. The van der Waals surface area contributed by atoms with Gasteiger partial charge >= 0.3 is 0 Å². The zero-order chi connectivity index (χ0) is 8.81. The largest absolute Gasteiger partial charge is 0.393 e. The van der Waals surface area contributed by atoms with Gasteiger partial charge in [-0.25, -0.2) is 0 Å². The first kappa shape index (κ1) is 9.96. The predicted octanol–water partition coefficient (Wildman–Crippen LogP) is 0.655. The van der Waals surface area contributed by atoms with E-state index in [0.29, 0.717) is 12.6 Å². The fourth-order valence-electron chi connectivity index (χ4n) is 1.55. The molecular formula is C9H19NO2. The molecule has 1 aliphatic rings. The first-order chi connectivity index (χ1) is 5.83. The third-order valence-electron chi connectivity index (χ3n) is 2.35. The molecule has 3 N–H and O–H groups in total. The van der Waals surface area contributed by atoms with Gasteiger partial charge < -0.3 is 15.6 Å². The molecule has 1 saturated carbocycles. The number of aliphatic hydroxyl groups is 1. The van der Waals surface area contributed by atoms with Gasteiger partial charge in [0.15, 0.2) is 0 Å². The number of aliphatic hydroxyl groups excluding tert-OH is 1. The normalized spacial score (nSPS) is 30.5. The highest BCUT2D eigenvalue weighted by molar-refractivity contribution is 4.71. The van der Waals surface area contributed by atoms with Crippen molar-refractivity contribution in [2.24, 2.45) is 5.73 Å². The van der Waals surface area contributed by atoms with Crippen LogP contribution in [0.25, 0.3) is 0 Å². The second-order valence-corrected chi connectivity index (χ2v) is 3.44. The quantitative estimate of drug-likeness (QED) is 0.614. The van der Waals surface area contributed by atoms with Crippen LogP contribution in [0.4, 0.5) is 0 Å². The van der Waals surface area contributed by atoms with E-state index in [1.54, 1.807) is 0 Å². The summed E-state index contributed by atoms with van der Waals surface area (Å²) >= 11 is 0. The molecule has 0 radical (unpaired) electrons. The molecule has 0 spiro atoms. The lowest BCUT2D eigenvalue weighted by Crippen LogP contribution is -2.25. The molecule has 0 aromatic heterocycles. The molecule has 3 nitrogen and oxygen atoms in total. The monoisotopic (exact) mass is 173 g/mol. The van der Waals surface area contributed by atoms with E-state index in [4.69, 9.17) is 10.5 Å². The Balaban J connectivity index is 2.01. The van der Waals surface area contributed by atoms with Crippen LogP contribution in [-0.4, -0.2) is 30.5 Å². The number of nitrogens with two attached hydrogens (primary N) is 1. The summed E-state index contributed by atoms with van der Waals surface area (Å²) in [5, 5.41) is 9.22. The molecule has 0 atom stereocenters. The van der Waals surface area contributed by atoms with Gasteiger partial charge in [-0.3, -0.25) is 0 Å². The summed E-state index contributed by atoms with van der Waals surface area (Å²) in [6, 6.07) is 0. The Labute approximate surface area is 73.9 Å². The van der Waals surface area contributed by atoms with Crippen molar-refractivity contribution in [3.05, 3.63) is 0 Å². The average Bonchev–Trinajstić information content (AvgIpc) is 2.09. The zero-order valence-corrected chi connectivity index (χ0v) is 7.54. The molecule has 1 aliphatic carbocycles. The van der Waals surface area contributed by atoms with Crippen LogP contribution in [0.15, 0.2) is 0 Å². The van der Waals surface area contributed by atoms with Gasteiger partial charge in [0.25, 0.3) is 0 Å². The van der Waals surface area contributed by atoms with Gasteiger partial charge in [0.2, 0.25) is 0 Å². The van der Waals surface area contributed by atoms with E-state index in [9.17, 15) is 5.11 Å². The molecule has 72 valence electrons. The molecule has 0 saturated heterocycles. The van der Waals surface area contributed by atoms with Gasteiger partial charge in [0, 0.05) is 6.61 Å².